The van der Waals surface area contributed by atoms with Gasteiger partial charge in [0.1, 0.15) is 11.3 Å². The summed E-state index contributed by atoms with van der Waals surface area (Å²) in [6.45, 7) is 0.603. The summed E-state index contributed by atoms with van der Waals surface area (Å²) in [6.07, 6.45) is -1.69. The zero-order valence-electron chi connectivity index (χ0n) is 16.0. The lowest BCUT2D eigenvalue weighted by atomic mass is 10.2. The molecule has 3 heterocycles. The maximum atomic E-state index is 10.6. The zero-order valence-corrected chi connectivity index (χ0v) is 17.5. The van der Waals surface area contributed by atoms with E-state index in [-0.39, 0.29) is 5.82 Å². The van der Waals surface area contributed by atoms with Crippen LogP contribution in [-0.2, 0) is 4.79 Å². The number of rotatable bonds is 5. The topological polar surface area (TPSA) is 142 Å². The first-order valence-corrected chi connectivity index (χ1v) is 9.84. The minimum absolute atomic E-state index is 0.182. The van der Waals surface area contributed by atoms with Gasteiger partial charge in [-0.1, -0.05) is 15.9 Å². The third-order valence-electron chi connectivity index (χ3n) is 3.87. The first-order valence-electron chi connectivity index (χ1n) is 8.72. The van der Waals surface area contributed by atoms with Crippen LogP contribution in [-0.4, -0.2) is 54.0 Å². The van der Waals surface area contributed by atoms with Crippen molar-refractivity contribution in [3.63, 3.8) is 0 Å². The first-order chi connectivity index (χ1) is 15.2. The van der Waals surface area contributed by atoms with Crippen LogP contribution in [0.3, 0.4) is 0 Å². The smallest absolute Gasteiger partial charge is 0.490 e. The Labute approximate surface area is 185 Å². The molecule has 3 aromatic heterocycles. The van der Waals surface area contributed by atoms with E-state index in [2.05, 4.69) is 36.2 Å². The van der Waals surface area contributed by atoms with Gasteiger partial charge in [0.05, 0.1) is 18.3 Å². The van der Waals surface area contributed by atoms with Crippen LogP contribution in [0.2, 0.25) is 0 Å². The number of hydrogen-bond acceptors (Lipinski definition) is 8. The summed E-state index contributed by atoms with van der Waals surface area (Å²) in [4.78, 5) is 17.6. The lowest BCUT2D eigenvalue weighted by Crippen LogP contribution is -2.21. The van der Waals surface area contributed by atoms with Crippen LogP contribution in [0.1, 0.15) is 0 Å². The molecule has 0 bridgehead atoms. The zero-order chi connectivity index (χ0) is 23.3. The first kappa shape index (κ1) is 23.0. The highest BCUT2D eigenvalue weighted by Gasteiger charge is 2.38. The van der Waals surface area contributed by atoms with Crippen LogP contribution in [0.15, 0.2) is 47.4 Å². The average molecular weight is 515 g/mol. The van der Waals surface area contributed by atoms with Gasteiger partial charge >= 0.3 is 12.1 Å². The summed E-state index contributed by atoms with van der Waals surface area (Å²) < 4.78 is 44.0. The maximum absolute atomic E-state index is 10.6. The maximum Gasteiger partial charge on any atom is 0.490 e. The number of ether oxygens (including phenoxy) is 1. The highest BCUT2D eigenvalue weighted by atomic mass is 79.9. The molecule has 1 aromatic carbocycles. The number of fused-ring (bicyclic) bond motifs is 1. The molecule has 3 N–H and O–H groups in total. The van der Waals surface area contributed by atoms with Crippen molar-refractivity contribution in [1.29, 1.82) is 0 Å². The Kier molecular flexibility index (Phi) is 6.92. The molecule has 0 spiro atoms. The number of nitrogen functional groups attached to an aromatic ring is 1. The summed E-state index contributed by atoms with van der Waals surface area (Å²) in [5.41, 5.74) is 8.73. The molecule has 0 radical (unpaired) electrons. The number of imidazole rings is 1. The van der Waals surface area contributed by atoms with Gasteiger partial charge in [0.15, 0.2) is 17.3 Å². The molecule has 0 atom stereocenters. The molecule has 0 saturated heterocycles. The molecule has 32 heavy (non-hydrogen) atoms. The summed E-state index contributed by atoms with van der Waals surface area (Å²) >= 11 is 3.34. The lowest BCUT2D eigenvalue weighted by Gasteiger charge is -2.09. The molecule has 0 aliphatic rings. The molecule has 0 saturated carbocycles. The molecule has 0 amide bonds. The van der Waals surface area contributed by atoms with Crippen molar-refractivity contribution in [3.8, 4) is 23.0 Å². The number of pyridine rings is 1. The van der Waals surface area contributed by atoms with Gasteiger partial charge in [-0.15, -0.1) is 0 Å². The number of nitrogens with two attached hydrogens (primary N) is 1. The van der Waals surface area contributed by atoms with E-state index < -0.39 is 12.1 Å². The third kappa shape index (κ3) is 5.14. The van der Waals surface area contributed by atoms with Crippen LogP contribution in [0.4, 0.5) is 19.0 Å². The summed E-state index contributed by atoms with van der Waals surface area (Å²) in [5, 5.41) is 15.4. The molecular formula is C18H14BrF3N6O4. The van der Waals surface area contributed by atoms with E-state index in [0.29, 0.717) is 18.1 Å². The van der Waals surface area contributed by atoms with Crippen molar-refractivity contribution in [2.75, 3.05) is 17.7 Å². The van der Waals surface area contributed by atoms with E-state index in [0.717, 1.165) is 27.8 Å². The number of halogens is 4. The van der Waals surface area contributed by atoms with E-state index in [4.69, 9.17) is 25.0 Å². The molecule has 168 valence electrons. The van der Waals surface area contributed by atoms with Gasteiger partial charge in [0.25, 0.3) is 0 Å². The van der Waals surface area contributed by atoms with Gasteiger partial charge in [0, 0.05) is 17.2 Å². The van der Waals surface area contributed by atoms with Crippen molar-refractivity contribution in [1.82, 2.24) is 24.8 Å². The van der Waals surface area contributed by atoms with Gasteiger partial charge < -0.3 is 15.6 Å². The Bertz CT molecular complexity index is 1210. The predicted octanol–water partition coefficient (Wildman–Crippen LogP) is 3.46. The van der Waals surface area contributed by atoms with E-state index in [1.807, 2.05) is 34.9 Å². The second kappa shape index (κ2) is 9.64. The number of alkyl halides is 4. The predicted molar refractivity (Wildman–Crippen MR) is 110 cm³/mol. The third-order valence-corrected chi connectivity index (χ3v) is 4.19. The lowest BCUT2D eigenvalue weighted by molar-refractivity contribution is -0.192. The number of aliphatic carboxylic acids is 1. The number of carbonyl (C=O) groups is 1. The number of carboxylic acids is 1. The average Bonchev–Trinajstić information content (AvgIpc) is 3.35. The molecule has 0 aliphatic carbocycles. The van der Waals surface area contributed by atoms with E-state index >= 15 is 0 Å². The van der Waals surface area contributed by atoms with Crippen LogP contribution in [0.25, 0.3) is 28.2 Å². The Morgan fingerprint density at radius 1 is 1.22 bits per heavy atom. The highest BCUT2D eigenvalue weighted by molar-refractivity contribution is 9.09. The number of hydrogen-bond donors (Lipinski definition) is 2. The summed E-state index contributed by atoms with van der Waals surface area (Å²) in [6, 6.07) is 9.57. The van der Waals surface area contributed by atoms with Crippen LogP contribution in [0, 0.1) is 0 Å². The van der Waals surface area contributed by atoms with Gasteiger partial charge in [-0.25, -0.2) is 14.4 Å². The number of nitrogens with zero attached hydrogens (tertiary/aromatic N) is 5. The quantitative estimate of drug-likeness (QED) is 0.382. The molecule has 0 fully saturated rings. The van der Waals surface area contributed by atoms with Crippen LogP contribution >= 0.6 is 15.9 Å². The summed E-state index contributed by atoms with van der Waals surface area (Å²) in [7, 11) is 0. The Balaban J connectivity index is 0.000000360. The molecule has 4 aromatic rings. The molecule has 0 aliphatic heterocycles. The van der Waals surface area contributed by atoms with Crippen LogP contribution in [0.5, 0.6) is 5.75 Å². The van der Waals surface area contributed by atoms with Gasteiger partial charge in [0.2, 0.25) is 0 Å². The Morgan fingerprint density at radius 2 is 1.91 bits per heavy atom. The summed E-state index contributed by atoms with van der Waals surface area (Å²) in [5.74, 6) is -1.25. The largest absolute Gasteiger partial charge is 0.493 e. The van der Waals surface area contributed by atoms with E-state index in [1.165, 1.54) is 0 Å². The fourth-order valence-electron chi connectivity index (χ4n) is 2.55. The molecule has 0 unspecified atom stereocenters. The molecule has 14 heteroatoms. The fraction of sp³-hybridized carbons (Fsp3) is 0.167. The normalized spacial score (nSPS) is 11.1. The SMILES string of the molecule is Nc1nonc1-c1nc2cnccc2n1-c1ccc(OCCBr)cc1.O=C(O)C(F)(F)F. The minimum Gasteiger partial charge on any atom is -0.493 e. The minimum atomic E-state index is -5.08. The number of anilines is 1. The van der Waals surface area contributed by atoms with E-state index in [1.54, 1.807) is 12.4 Å². The molecule has 4 rings (SSSR count). The van der Waals surface area contributed by atoms with Crippen molar-refractivity contribution >= 4 is 38.8 Å². The monoisotopic (exact) mass is 514 g/mol. The van der Waals surface area contributed by atoms with E-state index in [9.17, 15) is 13.2 Å². The van der Waals surface area contributed by atoms with Crippen molar-refractivity contribution < 1.29 is 32.4 Å². The Morgan fingerprint density at radius 3 is 2.47 bits per heavy atom. The molecule has 10 nitrogen and oxygen atoms in total. The number of benzene rings is 1. The molecular weight excluding hydrogens is 501 g/mol. The number of aromatic nitrogens is 5. The van der Waals surface area contributed by atoms with Crippen molar-refractivity contribution in [2.45, 2.75) is 6.18 Å². The Hall–Kier alpha value is -3.68. The van der Waals surface area contributed by atoms with Crippen molar-refractivity contribution in [3.05, 3.63) is 42.7 Å². The standard InChI is InChI=1S/C16H13BrN6O2.C2HF3O2/c17-6-8-24-11-3-1-10(2-4-11)23-13-5-7-19-9-12(13)20-16(23)14-15(18)22-25-21-14;3-2(4,5)1(6)7/h1-5,7,9H,6,8H2,(H2,18,22);(H,6,7). The van der Waals surface area contributed by atoms with Gasteiger partial charge in [-0.3, -0.25) is 9.55 Å². The number of carboxylic acid groups (broad SMARTS) is 1. The van der Waals surface area contributed by atoms with Crippen LogP contribution < -0.4 is 10.5 Å². The second-order valence-corrected chi connectivity index (χ2v) is 6.76. The van der Waals surface area contributed by atoms with Gasteiger partial charge in [-0.05, 0) is 40.6 Å². The second-order valence-electron chi connectivity index (χ2n) is 5.97. The van der Waals surface area contributed by atoms with Gasteiger partial charge in [-0.2, -0.15) is 13.2 Å². The fourth-order valence-corrected chi connectivity index (χ4v) is 2.71. The highest BCUT2D eigenvalue weighted by Crippen LogP contribution is 2.30. The van der Waals surface area contributed by atoms with Crippen molar-refractivity contribution in [2.24, 2.45) is 0 Å².